The largest absolute Gasteiger partial charge is 0.489 e. The van der Waals surface area contributed by atoms with Crippen molar-refractivity contribution in [2.24, 2.45) is 0 Å². The van der Waals surface area contributed by atoms with Crippen LogP contribution in [0.5, 0.6) is 5.75 Å². The van der Waals surface area contributed by atoms with E-state index in [-0.39, 0.29) is 11.9 Å². The summed E-state index contributed by atoms with van der Waals surface area (Å²) in [6, 6.07) is 26.1. The molecule has 28 heavy (non-hydrogen) atoms. The Bertz CT molecular complexity index is 1090. The molecule has 3 nitrogen and oxygen atoms in total. The molecule has 0 aliphatic heterocycles. The van der Waals surface area contributed by atoms with Crippen molar-refractivity contribution < 1.29 is 9.53 Å². The third-order valence-corrected chi connectivity index (χ3v) is 5.63. The van der Waals surface area contributed by atoms with Gasteiger partial charge in [-0.3, -0.25) is 4.79 Å². The van der Waals surface area contributed by atoms with Crippen LogP contribution < -0.4 is 10.1 Å². The van der Waals surface area contributed by atoms with Crippen LogP contribution in [0.3, 0.4) is 0 Å². The summed E-state index contributed by atoms with van der Waals surface area (Å²) in [6.07, 6.45) is 0. The van der Waals surface area contributed by atoms with E-state index in [1.807, 2.05) is 73.0 Å². The van der Waals surface area contributed by atoms with Gasteiger partial charge in [-0.2, -0.15) is 0 Å². The molecule has 0 aliphatic rings. The molecule has 1 amide bonds. The average molecular weight is 388 g/mol. The lowest BCUT2D eigenvalue weighted by Crippen LogP contribution is -2.25. The normalized spacial score (nSPS) is 11.9. The second-order valence-electron chi connectivity index (χ2n) is 6.72. The van der Waals surface area contributed by atoms with E-state index in [0.717, 1.165) is 22.3 Å². The monoisotopic (exact) mass is 387 g/mol. The van der Waals surface area contributed by atoms with Gasteiger partial charge in [0.25, 0.3) is 5.91 Å². The van der Waals surface area contributed by atoms with E-state index < -0.39 is 0 Å². The highest BCUT2D eigenvalue weighted by atomic mass is 32.1. The lowest BCUT2D eigenvalue weighted by molar-refractivity contribution is 0.0944. The SMILES string of the molecule is CC(NC(=O)c1cc(COc2ccc3ccccc3c2)cs1)c1ccccc1. The molecule has 1 N–H and O–H groups in total. The van der Waals surface area contributed by atoms with Crippen molar-refractivity contribution in [3.63, 3.8) is 0 Å². The van der Waals surface area contributed by atoms with Crippen LogP contribution in [0.25, 0.3) is 10.8 Å². The number of fused-ring (bicyclic) bond motifs is 1. The standard InChI is InChI=1S/C24H21NO2S/c1-17(19-7-3-2-4-8-19)25-24(26)23-13-18(16-28-23)15-27-22-12-11-20-9-5-6-10-21(20)14-22/h2-14,16-17H,15H2,1H3,(H,25,26). The fourth-order valence-corrected chi connectivity index (χ4v) is 3.89. The maximum Gasteiger partial charge on any atom is 0.261 e. The van der Waals surface area contributed by atoms with Gasteiger partial charge in [0.1, 0.15) is 12.4 Å². The van der Waals surface area contributed by atoms with Crippen LogP contribution in [0.2, 0.25) is 0 Å². The molecule has 1 atom stereocenters. The zero-order chi connectivity index (χ0) is 19.3. The Morgan fingerprint density at radius 2 is 1.71 bits per heavy atom. The molecule has 0 aliphatic carbocycles. The second kappa shape index (κ2) is 8.28. The minimum absolute atomic E-state index is 0.0342. The van der Waals surface area contributed by atoms with Crippen molar-refractivity contribution in [1.29, 1.82) is 0 Å². The number of nitrogens with one attached hydrogen (secondary N) is 1. The Morgan fingerprint density at radius 1 is 0.964 bits per heavy atom. The first-order chi connectivity index (χ1) is 13.7. The highest BCUT2D eigenvalue weighted by molar-refractivity contribution is 7.12. The van der Waals surface area contributed by atoms with Gasteiger partial charge in [-0.1, -0.05) is 60.7 Å². The number of carbonyl (C=O) groups excluding carboxylic acids is 1. The van der Waals surface area contributed by atoms with E-state index in [0.29, 0.717) is 11.5 Å². The van der Waals surface area contributed by atoms with Crippen molar-refractivity contribution in [2.75, 3.05) is 0 Å². The molecule has 0 fully saturated rings. The number of amides is 1. The summed E-state index contributed by atoms with van der Waals surface area (Å²) in [5.41, 5.74) is 2.09. The van der Waals surface area contributed by atoms with Gasteiger partial charge < -0.3 is 10.1 Å². The van der Waals surface area contributed by atoms with E-state index in [1.165, 1.54) is 16.7 Å². The second-order valence-corrected chi connectivity index (χ2v) is 7.63. The Kier molecular flexibility index (Phi) is 5.40. The number of benzene rings is 3. The Morgan fingerprint density at radius 3 is 2.54 bits per heavy atom. The highest BCUT2D eigenvalue weighted by Crippen LogP contribution is 2.23. The minimum atomic E-state index is -0.0571. The van der Waals surface area contributed by atoms with E-state index in [1.54, 1.807) is 0 Å². The van der Waals surface area contributed by atoms with Crippen LogP contribution in [-0.2, 0) is 6.61 Å². The molecule has 3 aromatic carbocycles. The molecule has 140 valence electrons. The predicted molar refractivity (Wildman–Crippen MR) is 115 cm³/mol. The number of thiophene rings is 1. The molecular formula is C24H21NO2S. The molecule has 1 aromatic heterocycles. The first kappa shape index (κ1) is 18.3. The quantitative estimate of drug-likeness (QED) is 0.442. The summed E-state index contributed by atoms with van der Waals surface area (Å²) >= 11 is 1.44. The van der Waals surface area contributed by atoms with Crippen molar-refractivity contribution in [3.05, 3.63) is 100 Å². The lowest BCUT2D eigenvalue weighted by Gasteiger charge is -2.13. The summed E-state index contributed by atoms with van der Waals surface area (Å²) in [6.45, 7) is 2.43. The highest BCUT2D eigenvalue weighted by Gasteiger charge is 2.13. The van der Waals surface area contributed by atoms with Crippen LogP contribution in [0.4, 0.5) is 0 Å². The number of hydrogen-bond acceptors (Lipinski definition) is 3. The van der Waals surface area contributed by atoms with Crippen molar-refractivity contribution in [3.8, 4) is 5.75 Å². The van der Waals surface area contributed by atoms with Gasteiger partial charge in [-0.15, -0.1) is 11.3 Å². The van der Waals surface area contributed by atoms with Crippen LogP contribution in [0, 0.1) is 0 Å². The Balaban J connectivity index is 1.37. The molecule has 0 saturated heterocycles. The summed E-state index contributed by atoms with van der Waals surface area (Å²) in [4.78, 5) is 13.2. The molecular weight excluding hydrogens is 366 g/mol. The molecule has 4 aromatic rings. The van der Waals surface area contributed by atoms with Crippen molar-refractivity contribution in [1.82, 2.24) is 5.32 Å². The third kappa shape index (κ3) is 4.24. The minimum Gasteiger partial charge on any atom is -0.489 e. The topological polar surface area (TPSA) is 38.3 Å². The summed E-state index contributed by atoms with van der Waals surface area (Å²) < 4.78 is 5.92. The summed E-state index contributed by atoms with van der Waals surface area (Å²) in [7, 11) is 0. The van der Waals surface area contributed by atoms with Crippen LogP contribution in [-0.4, -0.2) is 5.91 Å². The average Bonchev–Trinajstić information content (AvgIpc) is 3.22. The Labute approximate surface area is 168 Å². The first-order valence-electron chi connectivity index (χ1n) is 9.24. The van der Waals surface area contributed by atoms with E-state index >= 15 is 0 Å². The first-order valence-corrected chi connectivity index (χ1v) is 10.1. The smallest absolute Gasteiger partial charge is 0.261 e. The van der Waals surface area contributed by atoms with Crippen molar-refractivity contribution >= 4 is 28.0 Å². The summed E-state index contributed by atoms with van der Waals surface area (Å²) in [5.74, 6) is 0.770. The van der Waals surface area contributed by atoms with Crippen LogP contribution in [0.15, 0.2) is 84.2 Å². The molecule has 1 unspecified atom stereocenters. The number of hydrogen-bond donors (Lipinski definition) is 1. The molecule has 1 heterocycles. The third-order valence-electron chi connectivity index (χ3n) is 4.65. The van der Waals surface area contributed by atoms with Gasteiger partial charge in [0.05, 0.1) is 10.9 Å². The fourth-order valence-electron chi connectivity index (χ4n) is 3.09. The van der Waals surface area contributed by atoms with Gasteiger partial charge in [-0.05, 0) is 46.8 Å². The zero-order valence-electron chi connectivity index (χ0n) is 15.6. The zero-order valence-corrected chi connectivity index (χ0v) is 16.4. The number of rotatable bonds is 6. The Hall–Kier alpha value is -3.11. The van der Waals surface area contributed by atoms with E-state index in [2.05, 4.69) is 23.5 Å². The van der Waals surface area contributed by atoms with Gasteiger partial charge in [-0.25, -0.2) is 0 Å². The maximum atomic E-state index is 12.5. The van der Waals surface area contributed by atoms with Gasteiger partial charge in [0.2, 0.25) is 0 Å². The molecule has 0 radical (unpaired) electrons. The van der Waals surface area contributed by atoms with E-state index in [4.69, 9.17) is 4.74 Å². The molecule has 4 rings (SSSR count). The molecule has 4 heteroatoms. The van der Waals surface area contributed by atoms with Gasteiger partial charge in [0.15, 0.2) is 0 Å². The predicted octanol–water partition coefficient (Wildman–Crippen LogP) is 5.97. The lowest BCUT2D eigenvalue weighted by atomic mass is 10.1. The number of carbonyl (C=O) groups is 1. The van der Waals surface area contributed by atoms with Crippen LogP contribution in [0.1, 0.15) is 33.8 Å². The van der Waals surface area contributed by atoms with Crippen molar-refractivity contribution in [2.45, 2.75) is 19.6 Å². The van der Waals surface area contributed by atoms with Crippen LogP contribution >= 0.6 is 11.3 Å². The van der Waals surface area contributed by atoms with Gasteiger partial charge in [0, 0.05) is 5.56 Å². The number of ether oxygens (including phenoxy) is 1. The summed E-state index contributed by atoms with van der Waals surface area (Å²) in [5, 5.41) is 7.37. The van der Waals surface area contributed by atoms with Gasteiger partial charge >= 0.3 is 0 Å². The fraction of sp³-hybridized carbons (Fsp3) is 0.125. The molecule has 0 saturated carbocycles. The van der Waals surface area contributed by atoms with E-state index in [9.17, 15) is 4.79 Å². The molecule has 0 spiro atoms. The maximum absolute atomic E-state index is 12.5. The molecule has 0 bridgehead atoms.